The van der Waals surface area contributed by atoms with Gasteiger partial charge < -0.3 is 20.7 Å². The summed E-state index contributed by atoms with van der Waals surface area (Å²) in [5.41, 5.74) is 0.598. The number of nitrogens with zero attached hydrogens (tertiary/aromatic N) is 2. The summed E-state index contributed by atoms with van der Waals surface area (Å²) >= 11 is 6.18. The van der Waals surface area contributed by atoms with Crippen LogP contribution in [-0.4, -0.2) is 66.1 Å². The molecule has 17 heteroatoms. The van der Waals surface area contributed by atoms with Crippen LogP contribution < -0.4 is 20.7 Å². The van der Waals surface area contributed by atoms with Gasteiger partial charge in [-0.25, -0.2) is 0 Å². The van der Waals surface area contributed by atoms with Crippen molar-refractivity contribution in [3.05, 3.63) is 94.3 Å². The molecule has 276 valence electrons. The van der Waals surface area contributed by atoms with E-state index in [9.17, 15) is 51.2 Å². The van der Waals surface area contributed by atoms with E-state index >= 15 is 0 Å². The van der Waals surface area contributed by atoms with Crippen molar-refractivity contribution in [2.24, 2.45) is 11.8 Å². The van der Waals surface area contributed by atoms with Crippen molar-refractivity contribution in [2.75, 3.05) is 13.7 Å². The number of halogens is 6. The molecule has 1 heterocycles. The number of rotatable bonds is 16. The van der Waals surface area contributed by atoms with E-state index in [4.69, 9.17) is 16.3 Å². The summed E-state index contributed by atoms with van der Waals surface area (Å²) in [6.07, 6.45) is -4.87. The molecule has 52 heavy (non-hydrogen) atoms. The van der Waals surface area contributed by atoms with Crippen molar-refractivity contribution in [1.29, 1.82) is 5.26 Å². The van der Waals surface area contributed by atoms with Crippen LogP contribution in [0.25, 0.3) is 0 Å². The second-order valence-corrected chi connectivity index (χ2v) is 12.3. The Hall–Kier alpha value is -5.43. The van der Waals surface area contributed by atoms with Crippen molar-refractivity contribution >= 4 is 40.9 Å². The van der Waals surface area contributed by atoms with Gasteiger partial charge in [0.25, 0.3) is 11.8 Å². The highest BCUT2D eigenvalue weighted by Crippen LogP contribution is 2.30. The number of ether oxygens (including phenoxy) is 1. The summed E-state index contributed by atoms with van der Waals surface area (Å²) in [7, 11) is 1.37. The van der Waals surface area contributed by atoms with E-state index in [2.05, 4.69) is 15.6 Å². The number of nitriles is 1. The number of methoxy groups -OCH3 is 1. The Morgan fingerprint density at radius 3 is 2.17 bits per heavy atom. The average molecular weight is 750 g/mol. The second-order valence-electron chi connectivity index (χ2n) is 11.8. The molecular formula is C35H33ClF5N5O6. The summed E-state index contributed by atoms with van der Waals surface area (Å²) in [5, 5.41) is 15.4. The summed E-state index contributed by atoms with van der Waals surface area (Å²) in [6.45, 7) is 0.483. The van der Waals surface area contributed by atoms with Gasteiger partial charge >= 0.3 is 12.1 Å². The first-order chi connectivity index (χ1) is 24.4. The van der Waals surface area contributed by atoms with Crippen LogP contribution in [0.15, 0.2) is 66.9 Å². The lowest BCUT2D eigenvalue weighted by Crippen LogP contribution is -2.52. The molecule has 0 saturated carbocycles. The summed E-state index contributed by atoms with van der Waals surface area (Å²) < 4.78 is 72.7. The first kappa shape index (κ1) is 41.0. The van der Waals surface area contributed by atoms with Gasteiger partial charge in [0.05, 0.1) is 17.7 Å². The van der Waals surface area contributed by atoms with E-state index < -0.39 is 78.3 Å². The van der Waals surface area contributed by atoms with Crippen LogP contribution in [-0.2, 0) is 25.6 Å². The van der Waals surface area contributed by atoms with E-state index in [1.165, 1.54) is 81.8 Å². The Morgan fingerprint density at radius 2 is 1.63 bits per heavy atom. The number of ketones is 2. The van der Waals surface area contributed by atoms with Crippen LogP contribution in [0.2, 0.25) is 5.02 Å². The standard InChI is InChI=1S/C35H33ClF5N5O6/c1-19(2)24(30(48)35(40,41)33(51)44-18-34(37,38)39)16-28(47)29(21-9-11-23(52-3)12-10-21)46-32(50)27(45-31(49)26-6-4-5-13-43-26)15-20-7-8-22(17-42)25(36)14-20/h4-14,19,24,27,29H,15-16,18H2,1-3H3,(H,44,51)(H,45,49)(H,46,50)/t24-,27-,29-/m0/s1. The molecule has 0 bridgehead atoms. The zero-order chi connectivity index (χ0) is 38.8. The monoisotopic (exact) mass is 749 g/mol. The highest BCUT2D eigenvalue weighted by Gasteiger charge is 2.52. The Kier molecular flexibility index (Phi) is 13.9. The molecule has 0 aliphatic rings. The third-order valence-electron chi connectivity index (χ3n) is 7.78. The van der Waals surface area contributed by atoms with Gasteiger partial charge in [-0.3, -0.25) is 29.0 Å². The summed E-state index contributed by atoms with van der Waals surface area (Å²) in [6, 6.07) is 13.3. The first-order valence-corrected chi connectivity index (χ1v) is 15.9. The third-order valence-corrected chi connectivity index (χ3v) is 8.09. The van der Waals surface area contributed by atoms with E-state index in [1.54, 1.807) is 6.07 Å². The number of carbonyl (C=O) groups excluding carboxylic acids is 5. The number of hydrogen-bond acceptors (Lipinski definition) is 8. The quantitative estimate of drug-likeness (QED) is 0.137. The molecule has 3 atom stereocenters. The third kappa shape index (κ3) is 11.0. The number of nitrogens with one attached hydrogen (secondary N) is 3. The molecule has 0 spiro atoms. The molecule has 3 amide bonds. The molecule has 0 unspecified atom stereocenters. The predicted octanol–water partition coefficient (Wildman–Crippen LogP) is 4.93. The number of alkyl halides is 5. The van der Waals surface area contributed by atoms with Gasteiger partial charge in [0.1, 0.15) is 36.1 Å². The minimum atomic E-state index is -5.03. The van der Waals surface area contributed by atoms with E-state index in [0.717, 1.165) is 5.32 Å². The number of amides is 3. The molecule has 0 fully saturated rings. The minimum absolute atomic E-state index is 0.0561. The van der Waals surface area contributed by atoms with E-state index in [1.807, 2.05) is 6.07 Å². The first-order valence-electron chi connectivity index (χ1n) is 15.5. The number of aromatic nitrogens is 1. The average Bonchev–Trinajstić information content (AvgIpc) is 3.11. The zero-order valence-electron chi connectivity index (χ0n) is 27.9. The number of hydrogen-bond donors (Lipinski definition) is 3. The maximum absolute atomic E-state index is 14.9. The summed E-state index contributed by atoms with van der Waals surface area (Å²) in [4.78, 5) is 69.9. The highest BCUT2D eigenvalue weighted by atomic mass is 35.5. The fourth-order valence-electron chi connectivity index (χ4n) is 4.94. The maximum Gasteiger partial charge on any atom is 0.405 e. The van der Waals surface area contributed by atoms with Gasteiger partial charge in [-0.15, -0.1) is 0 Å². The zero-order valence-corrected chi connectivity index (χ0v) is 28.6. The largest absolute Gasteiger partial charge is 0.497 e. The SMILES string of the molecule is COc1ccc([C@H](NC(=O)[C@H](Cc2ccc(C#N)c(Cl)c2)NC(=O)c2ccccn2)C(=O)C[C@H](C(=O)C(F)(F)C(=O)NCC(F)(F)F)C(C)C)cc1. The topological polar surface area (TPSA) is 167 Å². The second kappa shape index (κ2) is 17.7. The Bertz CT molecular complexity index is 1820. The van der Waals surface area contributed by atoms with Crippen molar-refractivity contribution in [3.8, 4) is 11.8 Å². The van der Waals surface area contributed by atoms with Crippen LogP contribution in [0.5, 0.6) is 5.75 Å². The molecule has 11 nitrogen and oxygen atoms in total. The summed E-state index contributed by atoms with van der Waals surface area (Å²) in [5.74, 6) is -14.7. The molecule has 3 N–H and O–H groups in total. The molecule has 0 aliphatic heterocycles. The molecule has 3 rings (SSSR count). The Labute approximate surface area is 299 Å². The molecule has 3 aromatic rings. The smallest absolute Gasteiger partial charge is 0.405 e. The van der Waals surface area contributed by atoms with Gasteiger partial charge in [0.15, 0.2) is 5.78 Å². The molecule has 0 aliphatic carbocycles. The molecule has 1 aromatic heterocycles. The Balaban J connectivity index is 1.98. The molecular weight excluding hydrogens is 717 g/mol. The van der Waals surface area contributed by atoms with Crippen molar-refractivity contribution in [1.82, 2.24) is 20.9 Å². The van der Waals surface area contributed by atoms with Gasteiger partial charge in [-0.1, -0.05) is 49.7 Å². The highest BCUT2D eigenvalue weighted by molar-refractivity contribution is 6.31. The predicted molar refractivity (Wildman–Crippen MR) is 176 cm³/mol. The van der Waals surface area contributed by atoms with Crippen molar-refractivity contribution in [2.45, 2.75) is 50.9 Å². The number of benzene rings is 2. The lowest BCUT2D eigenvalue weighted by molar-refractivity contribution is -0.167. The van der Waals surface area contributed by atoms with Crippen molar-refractivity contribution < 1.29 is 50.7 Å². The van der Waals surface area contributed by atoms with Gasteiger partial charge in [-0.05, 0) is 53.4 Å². The maximum atomic E-state index is 14.9. The normalized spacial score (nSPS) is 13.2. The number of pyridine rings is 1. The molecule has 0 radical (unpaired) electrons. The number of Topliss-reactive ketones (excluding diaryl/α,β-unsaturated/α-hetero) is 2. The van der Waals surface area contributed by atoms with Crippen LogP contribution in [0.4, 0.5) is 22.0 Å². The van der Waals surface area contributed by atoms with Gasteiger partial charge in [0, 0.05) is 25.0 Å². The fourth-order valence-corrected chi connectivity index (χ4v) is 5.19. The molecule has 2 aromatic carbocycles. The minimum Gasteiger partial charge on any atom is -0.497 e. The van der Waals surface area contributed by atoms with Crippen molar-refractivity contribution in [3.63, 3.8) is 0 Å². The van der Waals surface area contributed by atoms with Crippen LogP contribution in [0.1, 0.15) is 53.5 Å². The van der Waals surface area contributed by atoms with Crippen LogP contribution >= 0.6 is 11.6 Å². The lowest BCUT2D eigenvalue weighted by Gasteiger charge is -2.27. The lowest BCUT2D eigenvalue weighted by atomic mass is 9.82. The van der Waals surface area contributed by atoms with E-state index in [-0.39, 0.29) is 28.3 Å². The van der Waals surface area contributed by atoms with E-state index in [0.29, 0.717) is 11.3 Å². The Morgan fingerprint density at radius 1 is 0.962 bits per heavy atom. The molecule has 0 saturated heterocycles. The van der Waals surface area contributed by atoms with Crippen LogP contribution in [0.3, 0.4) is 0 Å². The van der Waals surface area contributed by atoms with Gasteiger partial charge in [0.2, 0.25) is 11.7 Å². The number of carbonyl (C=O) groups is 5. The fraction of sp³-hybridized carbons (Fsp3) is 0.343. The van der Waals surface area contributed by atoms with Crippen LogP contribution in [0, 0.1) is 23.2 Å². The van der Waals surface area contributed by atoms with Gasteiger partial charge in [-0.2, -0.15) is 27.2 Å².